The molecule has 3 heterocycles. The van der Waals surface area contributed by atoms with E-state index in [-0.39, 0.29) is 5.91 Å². The maximum absolute atomic E-state index is 11.9. The second-order valence-electron chi connectivity index (χ2n) is 6.04. The molecule has 1 amide bonds. The summed E-state index contributed by atoms with van der Waals surface area (Å²) < 4.78 is 1.78. The molecule has 0 saturated heterocycles. The number of aryl methyl sites for hydroxylation is 1. The van der Waals surface area contributed by atoms with Crippen molar-refractivity contribution in [1.29, 1.82) is 0 Å². The minimum Gasteiger partial charge on any atom is -0.355 e. The molecule has 0 radical (unpaired) electrons. The number of aromatic nitrogens is 4. The van der Waals surface area contributed by atoms with Crippen molar-refractivity contribution in [3.63, 3.8) is 0 Å². The Morgan fingerprint density at radius 2 is 1.77 bits per heavy atom. The molecule has 26 heavy (non-hydrogen) atoms. The van der Waals surface area contributed by atoms with Crippen LogP contribution < -0.4 is 5.32 Å². The fraction of sp³-hybridized carbons (Fsp3) is 0.100. The van der Waals surface area contributed by atoms with Gasteiger partial charge in [-0.1, -0.05) is 24.3 Å². The van der Waals surface area contributed by atoms with Gasteiger partial charge in [0, 0.05) is 49.2 Å². The van der Waals surface area contributed by atoms with Crippen LogP contribution in [0.25, 0.3) is 33.2 Å². The number of amides is 1. The Hall–Kier alpha value is -3.54. The van der Waals surface area contributed by atoms with Gasteiger partial charge in [0.15, 0.2) is 0 Å². The molecule has 6 heteroatoms. The van der Waals surface area contributed by atoms with Gasteiger partial charge in [-0.25, -0.2) is 0 Å². The van der Waals surface area contributed by atoms with Gasteiger partial charge in [-0.3, -0.25) is 19.4 Å². The lowest BCUT2D eigenvalue weighted by Gasteiger charge is -2.08. The molecule has 3 aromatic heterocycles. The SMILES string of the molecule is CNC(=O)c1cnc2cncc(-c3ccc(-c4cnn(C)c4)cc3)c2c1. The molecule has 0 atom stereocenters. The Morgan fingerprint density at radius 1 is 1.00 bits per heavy atom. The highest BCUT2D eigenvalue weighted by molar-refractivity contribution is 6.01. The highest BCUT2D eigenvalue weighted by Gasteiger charge is 2.10. The average Bonchev–Trinajstić information content (AvgIpc) is 3.13. The molecular formula is C20H17N5O. The van der Waals surface area contributed by atoms with Crippen LogP contribution in [0.1, 0.15) is 10.4 Å². The summed E-state index contributed by atoms with van der Waals surface area (Å²) in [4.78, 5) is 20.6. The van der Waals surface area contributed by atoms with Gasteiger partial charge in [0.2, 0.25) is 0 Å². The van der Waals surface area contributed by atoms with Gasteiger partial charge in [-0.2, -0.15) is 5.10 Å². The zero-order valence-corrected chi connectivity index (χ0v) is 14.5. The number of nitrogens with one attached hydrogen (secondary N) is 1. The van der Waals surface area contributed by atoms with E-state index in [1.807, 2.05) is 37.6 Å². The Kier molecular flexibility index (Phi) is 3.93. The molecule has 0 aliphatic heterocycles. The number of nitrogens with zero attached hydrogens (tertiary/aromatic N) is 4. The van der Waals surface area contributed by atoms with E-state index in [0.717, 1.165) is 33.2 Å². The predicted octanol–water partition coefficient (Wildman–Crippen LogP) is 3.06. The smallest absolute Gasteiger partial charge is 0.252 e. The third-order valence-corrected chi connectivity index (χ3v) is 4.33. The average molecular weight is 343 g/mol. The zero-order chi connectivity index (χ0) is 18.1. The summed E-state index contributed by atoms with van der Waals surface area (Å²) in [5.41, 5.74) is 5.41. The summed E-state index contributed by atoms with van der Waals surface area (Å²) in [6.07, 6.45) is 8.90. The molecule has 1 N–H and O–H groups in total. The van der Waals surface area contributed by atoms with Crippen LogP contribution in [0.5, 0.6) is 0 Å². The topological polar surface area (TPSA) is 72.7 Å². The number of fused-ring (bicyclic) bond motifs is 1. The van der Waals surface area contributed by atoms with Crippen molar-refractivity contribution in [2.45, 2.75) is 0 Å². The number of pyridine rings is 2. The van der Waals surface area contributed by atoms with E-state index < -0.39 is 0 Å². The maximum Gasteiger partial charge on any atom is 0.252 e. The van der Waals surface area contributed by atoms with Crippen LogP contribution in [0.3, 0.4) is 0 Å². The highest BCUT2D eigenvalue weighted by atomic mass is 16.1. The number of carbonyl (C=O) groups excluding carboxylic acids is 1. The van der Waals surface area contributed by atoms with Crippen LogP contribution >= 0.6 is 0 Å². The van der Waals surface area contributed by atoms with Crippen molar-refractivity contribution in [1.82, 2.24) is 25.1 Å². The lowest BCUT2D eigenvalue weighted by molar-refractivity contribution is 0.0963. The number of carbonyl (C=O) groups is 1. The van der Waals surface area contributed by atoms with E-state index in [9.17, 15) is 4.79 Å². The number of hydrogen-bond donors (Lipinski definition) is 1. The van der Waals surface area contributed by atoms with Crippen LogP contribution in [0.4, 0.5) is 0 Å². The van der Waals surface area contributed by atoms with Gasteiger partial charge in [0.05, 0.1) is 23.5 Å². The molecule has 0 spiro atoms. The molecule has 4 aromatic rings. The first-order chi connectivity index (χ1) is 12.7. The predicted molar refractivity (Wildman–Crippen MR) is 101 cm³/mol. The second-order valence-corrected chi connectivity index (χ2v) is 6.04. The molecule has 0 fully saturated rings. The fourth-order valence-corrected chi connectivity index (χ4v) is 2.96. The first kappa shape index (κ1) is 16.0. The van der Waals surface area contributed by atoms with Crippen molar-refractivity contribution in [2.24, 2.45) is 7.05 Å². The largest absolute Gasteiger partial charge is 0.355 e. The van der Waals surface area contributed by atoms with Crippen LogP contribution in [-0.4, -0.2) is 32.7 Å². The molecule has 0 aliphatic carbocycles. The van der Waals surface area contributed by atoms with E-state index in [1.54, 1.807) is 30.3 Å². The summed E-state index contributed by atoms with van der Waals surface area (Å²) in [5, 5.41) is 7.74. The fourth-order valence-electron chi connectivity index (χ4n) is 2.96. The van der Waals surface area contributed by atoms with Crippen LogP contribution in [0.15, 0.2) is 61.3 Å². The molecule has 0 saturated carbocycles. The van der Waals surface area contributed by atoms with Gasteiger partial charge >= 0.3 is 0 Å². The van der Waals surface area contributed by atoms with E-state index in [2.05, 4.69) is 32.5 Å². The van der Waals surface area contributed by atoms with Gasteiger partial charge in [-0.15, -0.1) is 0 Å². The molecule has 128 valence electrons. The first-order valence-corrected chi connectivity index (χ1v) is 8.21. The first-order valence-electron chi connectivity index (χ1n) is 8.21. The molecule has 1 aromatic carbocycles. The van der Waals surface area contributed by atoms with Crippen LogP contribution in [0.2, 0.25) is 0 Å². The van der Waals surface area contributed by atoms with Crippen molar-refractivity contribution < 1.29 is 4.79 Å². The minimum absolute atomic E-state index is 0.158. The van der Waals surface area contributed by atoms with Gasteiger partial charge in [-0.05, 0) is 17.2 Å². The Bertz CT molecular complexity index is 1100. The molecule has 0 bridgehead atoms. The Labute approximate surface area is 150 Å². The van der Waals surface area contributed by atoms with Crippen molar-refractivity contribution >= 4 is 16.8 Å². The lowest BCUT2D eigenvalue weighted by Crippen LogP contribution is -2.17. The normalized spacial score (nSPS) is 10.8. The van der Waals surface area contributed by atoms with Gasteiger partial charge < -0.3 is 5.32 Å². The molecular weight excluding hydrogens is 326 g/mol. The quantitative estimate of drug-likeness (QED) is 0.620. The molecule has 0 aliphatic rings. The summed E-state index contributed by atoms with van der Waals surface area (Å²) in [6.45, 7) is 0. The van der Waals surface area contributed by atoms with E-state index in [1.165, 1.54) is 0 Å². The van der Waals surface area contributed by atoms with Gasteiger partial charge in [0.25, 0.3) is 5.91 Å². The van der Waals surface area contributed by atoms with Crippen LogP contribution in [0, 0.1) is 0 Å². The highest BCUT2D eigenvalue weighted by Crippen LogP contribution is 2.29. The standard InChI is InChI=1S/C20H17N5O/c1-21-20(26)15-7-17-18(10-22-11-19(17)23-8-15)14-5-3-13(4-6-14)16-9-24-25(2)12-16/h3-12H,1-2H3,(H,21,26). The van der Waals surface area contributed by atoms with Crippen molar-refractivity contribution in [3.05, 3.63) is 66.9 Å². The minimum atomic E-state index is -0.158. The maximum atomic E-state index is 11.9. The van der Waals surface area contributed by atoms with E-state index in [4.69, 9.17) is 0 Å². The van der Waals surface area contributed by atoms with E-state index in [0.29, 0.717) is 5.56 Å². The summed E-state index contributed by atoms with van der Waals surface area (Å²) in [7, 11) is 3.51. The number of hydrogen-bond acceptors (Lipinski definition) is 4. The number of benzene rings is 1. The molecule has 6 nitrogen and oxygen atoms in total. The molecule has 4 rings (SSSR count). The summed E-state index contributed by atoms with van der Waals surface area (Å²) in [5.74, 6) is -0.158. The van der Waals surface area contributed by atoms with E-state index >= 15 is 0 Å². The third kappa shape index (κ3) is 2.82. The zero-order valence-electron chi connectivity index (χ0n) is 14.5. The summed E-state index contributed by atoms with van der Waals surface area (Å²) >= 11 is 0. The van der Waals surface area contributed by atoms with Crippen molar-refractivity contribution in [3.8, 4) is 22.3 Å². The monoisotopic (exact) mass is 343 g/mol. The van der Waals surface area contributed by atoms with Crippen molar-refractivity contribution in [2.75, 3.05) is 7.05 Å². The second kappa shape index (κ2) is 6.40. The van der Waals surface area contributed by atoms with Gasteiger partial charge in [0.1, 0.15) is 0 Å². The Balaban J connectivity index is 1.79. The number of rotatable bonds is 3. The lowest BCUT2D eigenvalue weighted by atomic mass is 9.99. The van der Waals surface area contributed by atoms with Crippen LogP contribution in [-0.2, 0) is 7.05 Å². The Morgan fingerprint density at radius 3 is 2.46 bits per heavy atom. The molecule has 0 unspecified atom stereocenters. The summed E-state index contributed by atoms with van der Waals surface area (Å²) in [6, 6.07) is 10.1. The third-order valence-electron chi connectivity index (χ3n) is 4.33.